The second kappa shape index (κ2) is 9.59. The molecule has 0 fully saturated rings. The van der Waals surface area contributed by atoms with Crippen LogP contribution in [0.1, 0.15) is 21.5 Å². The van der Waals surface area contributed by atoms with Gasteiger partial charge in [0.25, 0.3) is 5.91 Å². The first kappa shape index (κ1) is 20.2. The van der Waals surface area contributed by atoms with Gasteiger partial charge in [-0.3, -0.25) is 9.78 Å². The maximum absolute atomic E-state index is 12.7. The van der Waals surface area contributed by atoms with E-state index in [1.807, 2.05) is 49.4 Å². The number of pyridine rings is 1. The summed E-state index contributed by atoms with van der Waals surface area (Å²) in [5.74, 6) is 1.24. The van der Waals surface area contributed by atoms with E-state index in [1.165, 1.54) is 0 Å². The molecule has 0 bridgehead atoms. The van der Waals surface area contributed by atoms with Gasteiger partial charge in [-0.05, 0) is 48.7 Å². The highest BCUT2D eigenvalue weighted by Gasteiger charge is 2.11. The van der Waals surface area contributed by atoms with Crippen molar-refractivity contribution >= 4 is 17.3 Å². The molecule has 2 aromatic carbocycles. The van der Waals surface area contributed by atoms with Crippen LogP contribution in [-0.4, -0.2) is 31.7 Å². The normalized spacial score (nSPS) is 10.3. The van der Waals surface area contributed by atoms with Crippen LogP contribution in [0.2, 0.25) is 0 Å². The van der Waals surface area contributed by atoms with Crippen molar-refractivity contribution in [3.63, 3.8) is 0 Å². The first-order valence-electron chi connectivity index (χ1n) is 9.37. The minimum absolute atomic E-state index is 0.241. The maximum atomic E-state index is 12.7. The topological polar surface area (TPSA) is 72.5 Å². The number of anilines is 2. The average molecular weight is 391 g/mol. The van der Waals surface area contributed by atoms with Crippen molar-refractivity contribution in [1.29, 1.82) is 0 Å². The van der Waals surface area contributed by atoms with Gasteiger partial charge in [-0.1, -0.05) is 24.3 Å². The van der Waals surface area contributed by atoms with E-state index < -0.39 is 0 Å². The Kier molecular flexibility index (Phi) is 6.68. The molecule has 0 radical (unpaired) electrons. The number of carbonyl (C=O) groups excluding carboxylic acids is 1. The molecule has 1 heterocycles. The molecule has 29 heavy (non-hydrogen) atoms. The van der Waals surface area contributed by atoms with E-state index in [0.29, 0.717) is 23.5 Å². The lowest BCUT2D eigenvalue weighted by Gasteiger charge is -2.12. The summed E-state index contributed by atoms with van der Waals surface area (Å²) in [5.41, 5.74) is 4.04. The summed E-state index contributed by atoms with van der Waals surface area (Å²) in [6.07, 6.45) is 4.04. The monoisotopic (exact) mass is 391 g/mol. The van der Waals surface area contributed by atoms with Crippen molar-refractivity contribution in [2.75, 3.05) is 31.4 Å². The molecule has 0 aliphatic carbocycles. The third-order valence-electron chi connectivity index (χ3n) is 4.52. The van der Waals surface area contributed by atoms with E-state index in [9.17, 15) is 4.79 Å². The van der Waals surface area contributed by atoms with Gasteiger partial charge in [0.1, 0.15) is 11.5 Å². The fourth-order valence-electron chi connectivity index (χ4n) is 3.03. The van der Waals surface area contributed by atoms with Gasteiger partial charge in [0.15, 0.2) is 0 Å². The van der Waals surface area contributed by atoms with E-state index in [1.54, 1.807) is 32.7 Å². The number of benzene rings is 2. The molecule has 6 heteroatoms. The van der Waals surface area contributed by atoms with Gasteiger partial charge in [0, 0.05) is 18.9 Å². The Balaban J connectivity index is 1.64. The van der Waals surface area contributed by atoms with Crippen LogP contribution in [-0.2, 0) is 6.42 Å². The van der Waals surface area contributed by atoms with Crippen molar-refractivity contribution in [3.8, 4) is 11.5 Å². The van der Waals surface area contributed by atoms with Gasteiger partial charge in [-0.15, -0.1) is 0 Å². The second-order valence-corrected chi connectivity index (χ2v) is 6.61. The molecule has 0 aliphatic heterocycles. The minimum Gasteiger partial charge on any atom is -0.496 e. The Morgan fingerprint density at radius 3 is 2.59 bits per heavy atom. The quantitative estimate of drug-likeness (QED) is 0.598. The molecule has 0 spiro atoms. The minimum atomic E-state index is -0.241. The lowest BCUT2D eigenvalue weighted by molar-refractivity contribution is 0.102. The van der Waals surface area contributed by atoms with Gasteiger partial charge >= 0.3 is 0 Å². The van der Waals surface area contributed by atoms with Crippen molar-refractivity contribution in [1.82, 2.24) is 4.98 Å². The number of nitrogens with one attached hydrogen (secondary N) is 2. The zero-order valence-corrected chi connectivity index (χ0v) is 16.9. The summed E-state index contributed by atoms with van der Waals surface area (Å²) in [5, 5.41) is 6.21. The number of aromatic nitrogens is 1. The van der Waals surface area contributed by atoms with Crippen LogP contribution in [0.3, 0.4) is 0 Å². The largest absolute Gasteiger partial charge is 0.496 e. The first-order valence-corrected chi connectivity index (χ1v) is 9.37. The predicted octanol–water partition coefficient (Wildman–Crippen LogP) is 4.31. The van der Waals surface area contributed by atoms with Crippen LogP contribution in [0.15, 0.2) is 60.9 Å². The highest BCUT2D eigenvalue weighted by Crippen LogP contribution is 2.26. The number of carbonyl (C=O) groups is 1. The molecule has 3 aromatic rings. The molecule has 0 aliphatic rings. The van der Waals surface area contributed by atoms with Crippen LogP contribution in [0.5, 0.6) is 11.5 Å². The Bertz CT molecular complexity index is 989. The average Bonchev–Trinajstić information content (AvgIpc) is 2.74. The van der Waals surface area contributed by atoms with Gasteiger partial charge in [-0.2, -0.15) is 0 Å². The van der Waals surface area contributed by atoms with Crippen LogP contribution in [0.4, 0.5) is 11.4 Å². The summed E-state index contributed by atoms with van der Waals surface area (Å²) in [6, 6.07) is 15.3. The molecule has 0 atom stereocenters. The molecule has 0 unspecified atom stereocenters. The van der Waals surface area contributed by atoms with Crippen molar-refractivity contribution in [3.05, 3.63) is 77.6 Å². The Morgan fingerprint density at radius 1 is 1.00 bits per heavy atom. The molecular formula is C23H25N3O3. The number of methoxy groups -OCH3 is 2. The smallest absolute Gasteiger partial charge is 0.257 e. The number of ether oxygens (including phenoxy) is 2. The first-order chi connectivity index (χ1) is 14.1. The Morgan fingerprint density at radius 2 is 1.79 bits per heavy atom. The number of aryl methyl sites for hydroxylation is 1. The third kappa shape index (κ3) is 5.25. The summed E-state index contributed by atoms with van der Waals surface area (Å²) in [4.78, 5) is 16.9. The van der Waals surface area contributed by atoms with Crippen LogP contribution in [0.25, 0.3) is 0 Å². The number of nitrogens with zero attached hydrogens (tertiary/aromatic N) is 1. The number of hydrogen-bond donors (Lipinski definition) is 2. The molecule has 2 N–H and O–H groups in total. The third-order valence-corrected chi connectivity index (χ3v) is 4.52. The number of hydrogen-bond acceptors (Lipinski definition) is 5. The van der Waals surface area contributed by atoms with Crippen molar-refractivity contribution in [2.24, 2.45) is 0 Å². The molecule has 0 saturated heterocycles. The van der Waals surface area contributed by atoms with Gasteiger partial charge in [-0.25, -0.2) is 0 Å². The molecular weight excluding hydrogens is 366 g/mol. The zero-order valence-electron chi connectivity index (χ0n) is 16.9. The number of para-hydroxylation sites is 1. The standard InChI is InChI=1S/C23H25N3O3/c1-16-8-9-22(29-3)20(12-16)26-23(27)18-13-19(15-24-14-18)25-11-10-17-6-4-5-7-21(17)28-2/h4-9,12-15,25H,10-11H2,1-3H3,(H,26,27). The zero-order chi connectivity index (χ0) is 20.6. The summed E-state index contributed by atoms with van der Waals surface area (Å²) < 4.78 is 10.7. The summed E-state index contributed by atoms with van der Waals surface area (Å²) >= 11 is 0. The second-order valence-electron chi connectivity index (χ2n) is 6.61. The highest BCUT2D eigenvalue weighted by molar-refractivity contribution is 6.05. The van der Waals surface area contributed by atoms with E-state index in [4.69, 9.17) is 9.47 Å². The molecule has 1 amide bonds. The van der Waals surface area contributed by atoms with E-state index in [0.717, 1.165) is 29.0 Å². The van der Waals surface area contributed by atoms with Gasteiger partial charge in [0.2, 0.25) is 0 Å². The molecule has 150 valence electrons. The van der Waals surface area contributed by atoms with Gasteiger partial charge < -0.3 is 20.1 Å². The van der Waals surface area contributed by atoms with Crippen LogP contribution in [0, 0.1) is 6.92 Å². The summed E-state index contributed by atoms with van der Waals surface area (Å²) in [7, 11) is 3.25. The van der Waals surface area contributed by atoms with Crippen molar-refractivity contribution in [2.45, 2.75) is 13.3 Å². The fourth-order valence-corrected chi connectivity index (χ4v) is 3.03. The summed E-state index contributed by atoms with van der Waals surface area (Å²) in [6.45, 7) is 2.65. The molecule has 3 rings (SSSR count). The number of rotatable bonds is 8. The van der Waals surface area contributed by atoms with E-state index in [2.05, 4.69) is 15.6 Å². The lowest BCUT2D eigenvalue weighted by Crippen LogP contribution is -2.14. The van der Waals surface area contributed by atoms with E-state index >= 15 is 0 Å². The van der Waals surface area contributed by atoms with E-state index in [-0.39, 0.29) is 5.91 Å². The fraction of sp³-hybridized carbons (Fsp3) is 0.217. The van der Waals surface area contributed by atoms with Gasteiger partial charge in [0.05, 0.1) is 31.2 Å². The predicted molar refractivity (Wildman–Crippen MR) is 115 cm³/mol. The van der Waals surface area contributed by atoms with Crippen LogP contribution >= 0.6 is 0 Å². The Hall–Kier alpha value is -3.54. The SMILES string of the molecule is COc1ccccc1CCNc1cncc(C(=O)Nc2cc(C)ccc2OC)c1. The molecule has 1 aromatic heterocycles. The molecule has 6 nitrogen and oxygen atoms in total. The van der Waals surface area contributed by atoms with Crippen LogP contribution < -0.4 is 20.1 Å². The lowest BCUT2D eigenvalue weighted by atomic mass is 10.1. The number of amides is 1. The Labute approximate surface area is 170 Å². The molecule has 0 saturated carbocycles. The maximum Gasteiger partial charge on any atom is 0.257 e. The highest BCUT2D eigenvalue weighted by atomic mass is 16.5. The van der Waals surface area contributed by atoms with Crippen molar-refractivity contribution < 1.29 is 14.3 Å².